The molecule has 0 aliphatic carbocycles. The Morgan fingerprint density at radius 2 is 1.89 bits per heavy atom. The highest BCUT2D eigenvalue weighted by atomic mass is 32.2. The summed E-state index contributed by atoms with van der Waals surface area (Å²) in [5.74, 6) is -0.192. The van der Waals surface area contributed by atoms with Crippen molar-refractivity contribution in [3.8, 4) is 5.88 Å². The van der Waals surface area contributed by atoms with E-state index in [1.165, 1.54) is 18.5 Å². The van der Waals surface area contributed by atoms with E-state index in [-0.39, 0.29) is 47.0 Å². The first-order chi connectivity index (χ1) is 16.4. The Hall–Kier alpha value is -2.51. The number of aromatic nitrogens is 2. The minimum Gasteiger partial charge on any atom is -0.474 e. The SMILES string of the molecule is Cc1c(Nc2ccc(S(C)(=O)=O)cc2F)ncnc1O[C@@H]1CC2COC[C@@H](C1)N2CCC(F)(F)F. The molecule has 2 aliphatic rings. The van der Waals surface area contributed by atoms with Crippen LogP contribution >= 0.6 is 0 Å². The largest absolute Gasteiger partial charge is 0.474 e. The molecule has 1 N–H and O–H groups in total. The van der Waals surface area contributed by atoms with Crippen molar-refractivity contribution in [1.29, 1.82) is 0 Å². The molecule has 35 heavy (non-hydrogen) atoms. The van der Waals surface area contributed by atoms with E-state index in [4.69, 9.17) is 9.47 Å². The summed E-state index contributed by atoms with van der Waals surface area (Å²) < 4.78 is 87.6. The lowest BCUT2D eigenvalue weighted by Crippen LogP contribution is -2.59. The van der Waals surface area contributed by atoms with Crippen molar-refractivity contribution < 1.29 is 35.5 Å². The first-order valence-electron chi connectivity index (χ1n) is 11.1. The highest BCUT2D eigenvalue weighted by Gasteiger charge is 2.41. The predicted molar refractivity (Wildman–Crippen MR) is 119 cm³/mol. The van der Waals surface area contributed by atoms with Crippen LogP contribution in [0.4, 0.5) is 29.1 Å². The molecule has 4 rings (SSSR count). The number of hydrogen-bond donors (Lipinski definition) is 1. The number of hydrogen-bond acceptors (Lipinski definition) is 8. The van der Waals surface area contributed by atoms with Gasteiger partial charge in [-0.1, -0.05) is 0 Å². The van der Waals surface area contributed by atoms with Crippen molar-refractivity contribution in [3.63, 3.8) is 0 Å². The second-order valence-electron chi connectivity index (χ2n) is 8.85. The maximum absolute atomic E-state index is 14.5. The van der Waals surface area contributed by atoms with E-state index in [9.17, 15) is 26.0 Å². The van der Waals surface area contributed by atoms with Gasteiger partial charge in [0.25, 0.3) is 0 Å². The lowest BCUT2D eigenvalue weighted by atomic mass is 9.91. The molecule has 0 radical (unpaired) electrons. The molecule has 2 fully saturated rings. The fraction of sp³-hybridized carbons (Fsp3) is 0.545. The Morgan fingerprint density at radius 3 is 2.49 bits per heavy atom. The monoisotopic (exact) mass is 518 g/mol. The third kappa shape index (κ3) is 6.19. The summed E-state index contributed by atoms with van der Waals surface area (Å²) in [6.07, 6.45) is -2.13. The van der Waals surface area contributed by atoms with Gasteiger partial charge in [-0.05, 0) is 25.1 Å². The van der Waals surface area contributed by atoms with Gasteiger partial charge in [0.2, 0.25) is 5.88 Å². The summed E-state index contributed by atoms with van der Waals surface area (Å²) in [5, 5.41) is 2.84. The van der Waals surface area contributed by atoms with Crippen LogP contribution in [0.1, 0.15) is 24.8 Å². The molecular formula is C22H26F4N4O4S. The average molecular weight is 519 g/mol. The summed E-state index contributed by atoms with van der Waals surface area (Å²) in [4.78, 5) is 10.0. The number of alkyl halides is 3. The van der Waals surface area contributed by atoms with Crippen LogP contribution in [0.3, 0.4) is 0 Å². The molecule has 2 bridgehead atoms. The maximum atomic E-state index is 14.5. The number of fused-ring (bicyclic) bond motifs is 2. The topological polar surface area (TPSA) is 93.7 Å². The van der Waals surface area contributed by atoms with E-state index in [1.807, 2.05) is 4.90 Å². The second kappa shape index (κ2) is 9.86. The third-order valence-corrected chi connectivity index (χ3v) is 7.33. The number of nitrogens with one attached hydrogen (secondary N) is 1. The van der Waals surface area contributed by atoms with Crippen LogP contribution in [0.15, 0.2) is 29.4 Å². The minimum atomic E-state index is -4.21. The number of rotatable bonds is 7. The fourth-order valence-corrected chi connectivity index (χ4v) is 5.08. The molecule has 0 spiro atoms. The number of nitrogens with zero attached hydrogens (tertiary/aromatic N) is 3. The van der Waals surface area contributed by atoms with Crippen LogP contribution in [-0.4, -0.2) is 73.7 Å². The van der Waals surface area contributed by atoms with Gasteiger partial charge >= 0.3 is 6.18 Å². The number of morpholine rings is 1. The standard InChI is InChI=1S/C22H26F4N4O4S/c1-13-20(29-19-4-3-17(9-18(19)23)35(2,31)32)27-12-28-21(13)34-16-7-14-10-33-11-15(8-16)30(14)6-5-22(24,25)26/h3-4,9,12,14-16H,5-8,10-11H2,1-2H3,(H,27,28,29)/t14-,15?,16+/m1/s1. The van der Waals surface area contributed by atoms with Gasteiger partial charge in [-0.2, -0.15) is 13.2 Å². The molecule has 2 aliphatic heterocycles. The van der Waals surface area contributed by atoms with Crippen molar-refractivity contribution in [1.82, 2.24) is 14.9 Å². The molecule has 3 atom stereocenters. The molecule has 192 valence electrons. The van der Waals surface area contributed by atoms with E-state index in [0.29, 0.717) is 31.6 Å². The summed E-state index contributed by atoms with van der Waals surface area (Å²) in [7, 11) is -3.55. The highest BCUT2D eigenvalue weighted by Crippen LogP contribution is 2.34. The van der Waals surface area contributed by atoms with Crippen LogP contribution in [0.2, 0.25) is 0 Å². The maximum Gasteiger partial charge on any atom is 0.390 e. The number of anilines is 2. The zero-order valence-corrected chi connectivity index (χ0v) is 20.0. The van der Waals surface area contributed by atoms with Crippen LogP contribution in [-0.2, 0) is 14.6 Å². The van der Waals surface area contributed by atoms with Crippen LogP contribution in [0, 0.1) is 12.7 Å². The number of benzene rings is 1. The molecule has 8 nitrogen and oxygen atoms in total. The van der Waals surface area contributed by atoms with Gasteiger partial charge in [0.1, 0.15) is 24.1 Å². The first-order valence-corrected chi connectivity index (χ1v) is 12.9. The van der Waals surface area contributed by atoms with Crippen LogP contribution < -0.4 is 10.1 Å². The van der Waals surface area contributed by atoms with Crippen molar-refractivity contribution in [2.24, 2.45) is 0 Å². The first kappa shape index (κ1) is 25.6. The quantitative estimate of drug-likeness (QED) is 0.556. The lowest BCUT2D eigenvalue weighted by molar-refractivity contribution is -0.154. The zero-order chi connectivity index (χ0) is 25.4. The molecule has 13 heteroatoms. The second-order valence-corrected chi connectivity index (χ2v) is 10.9. The van der Waals surface area contributed by atoms with E-state index in [0.717, 1.165) is 12.3 Å². The zero-order valence-electron chi connectivity index (χ0n) is 19.2. The Kier molecular flexibility index (Phi) is 7.21. The summed E-state index contributed by atoms with van der Waals surface area (Å²) >= 11 is 0. The number of ether oxygens (including phenoxy) is 2. The van der Waals surface area contributed by atoms with Gasteiger partial charge in [-0.15, -0.1) is 0 Å². The molecular weight excluding hydrogens is 492 g/mol. The minimum absolute atomic E-state index is 0.0369. The van der Waals surface area contributed by atoms with Crippen molar-refractivity contribution in [3.05, 3.63) is 35.9 Å². The van der Waals surface area contributed by atoms with Crippen LogP contribution in [0.5, 0.6) is 5.88 Å². The molecule has 2 saturated heterocycles. The van der Waals surface area contributed by atoms with Gasteiger partial charge < -0.3 is 14.8 Å². The van der Waals surface area contributed by atoms with Gasteiger partial charge in [0.05, 0.1) is 35.8 Å². The van der Waals surface area contributed by atoms with E-state index < -0.39 is 28.3 Å². The predicted octanol–water partition coefficient (Wildman–Crippen LogP) is 3.63. The lowest BCUT2D eigenvalue weighted by Gasteiger charge is -2.48. The normalized spacial score (nSPS) is 23.2. The molecule has 3 heterocycles. The number of sulfone groups is 1. The smallest absolute Gasteiger partial charge is 0.390 e. The Balaban J connectivity index is 1.45. The van der Waals surface area contributed by atoms with Crippen molar-refractivity contribution in [2.75, 3.05) is 31.3 Å². The Labute approximate surface area is 200 Å². The fourth-order valence-electron chi connectivity index (χ4n) is 4.45. The number of halogens is 4. The van der Waals surface area contributed by atoms with Crippen molar-refractivity contribution in [2.45, 2.75) is 55.4 Å². The van der Waals surface area contributed by atoms with E-state index in [2.05, 4.69) is 15.3 Å². The van der Waals surface area contributed by atoms with Crippen molar-refractivity contribution >= 4 is 21.3 Å². The molecule has 1 aromatic carbocycles. The van der Waals surface area contributed by atoms with Gasteiger partial charge in [0.15, 0.2) is 9.84 Å². The van der Waals surface area contributed by atoms with E-state index >= 15 is 0 Å². The van der Waals surface area contributed by atoms with Gasteiger partial charge in [-0.3, -0.25) is 4.90 Å². The van der Waals surface area contributed by atoms with E-state index in [1.54, 1.807) is 6.92 Å². The average Bonchev–Trinajstić information content (AvgIpc) is 2.75. The summed E-state index contributed by atoms with van der Waals surface area (Å²) in [5.41, 5.74) is 0.551. The molecule has 0 amide bonds. The van der Waals surface area contributed by atoms with Gasteiger partial charge in [-0.25, -0.2) is 22.8 Å². The number of piperidine rings is 1. The van der Waals surface area contributed by atoms with Crippen LogP contribution in [0.25, 0.3) is 0 Å². The Bertz CT molecular complexity index is 1160. The molecule has 2 aromatic rings. The highest BCUT2D eigenvalue weighted by molar-refractivity contribution is 7.90. The summed E-state index contributed by atoms with van der Waals surface area (Å²) in [6.45, 7) is 2.31. The molecule has 1 unspecified atom stereocenters. The third-order valence-electron chi connectivity index (χ3n) is 6.22. The Morgan fingerprint density at radius 1 is 1.20 bits per heavy atom. The molecule has 0 saturated carbocycles. The van der Waals surface area contributed by atoms with Gasteiger partial charge in [0, 0.05) is 37.7 Å². The summed E-state index contributed by atoms with van der Waals surface area (Å²) in [6, 6.07) is 3.17. The molecule has 1 aromatic heterocycles.